The Balaban J connectivity index is 2.43. The molecule has 0 unspecified atom stereocenters. The van der Waals surface area contributed by atoms with Crippen molar-refractivity contribution < 1.29 is 9.21 Å². The average molecular weight is 238 g/mol. The van der Waals surface area contributed by atoms with Crippen molar-refractivity contribution in [1.29, 1.82) is 0 Å². The van der Waals surface area contributed by atoms with E-state index in [4.69, 9.17) is 4.42 Å². The monoisotopic (exact) mass is 238 g/mol. The second-order valence-electron chi connectivity index (χ2n) is 4.40. The maximum Gasteiger partial charge on any atom is 0.220 e. The van der Waals surface area contributed by atoms with Crippen LogP contribution in [0.15, 0.2) is 22.8 Å². The van der Waals surface area contributed by atoms with E-state index >= 15 is 0 Å². The molecule has 0 saturated heterocycles. The van der Waals surface area contributed by atoms with Crippen molar-refractivity contribution in [1.82, 2.24) is 10.2 Å². The molecule has 1 amide bonds. The predicted molar refractivity (Wildman–Crippen MR) is 67.7 cm³/mol. The van der Waals surface area contributed by atoms with Gasteiger partial charge in [0.1, 0.15) is 5.76 Å². The summed E-state index contributed by atoms with van der Waals surface area (Å²) in [6, 6.07) is 3.89. The summed E-state index contributed by atoms with van der Waals surface area (Å²) in [6.45, 7) is 2.67. The van der Waals surface area contributed by atoms with Crippen molar-refractivity contribution in [3.63, 3.8) is 0 Å². The molecule has 1 rings (SSSR count). The first-order chi connectivity index (χ1) is 8.15. The minimum absolute atomic E-state index is 0.0931. The lowest BCUT2D eigenvalue weighted by atomic mass is 10.2. The largest absolute Gasteiger partial charge is 0.468 e. The lowest BCUT2D eigenvalue weighted by Crippen LogP contribution is -2.34. The van der Waals surface area contributed by atoms with Crippen molar-refractivity contribution in [2.45, 2.75) is 32.2 Å². The molecule has 0 aromatic carbocycles. The molecule has 4 heteroatoms. The fourth-order valence-electron chi connectivity index (χ4n) is 1.65. The number of rotatable bonds is 7. The van der Waals surface area contributed by atoms with E-state index in [2.05, 4.69) is 12.2 Å². The smallest absolute Gasteiger partial charge is 0.220 e. The van der Waals surface area contributed by atoms with Crippen LogP contribution in [0.3, 0.4) is 0 Å². The fourth-order valence-corrected chi connectivity index (χ4v) is 1.65. The van der Waals surface area contributed by atoms with Crippen LogP contribution in [0.5, 0.6) is 0 Å². The summed E-state index contributed by atoms with van der Waals surface area (Å²) >= 11 is 0. The Bertz CT molecular complexity index is 320. The second kappa shape index (κ2) is 7.12. The van der Waals surface area contributed by atoms with Crippen molar-refractivity contribution >= 4 is 5.91 Å². The Morgan fingerprint density at radius 1 is 1.53 bits per heavy atom. The molecule has 0 spiro atoms. The first kappa shape index (κ1) is 13.8. The van der Waals surface area contributed by atoms with Gasteiger partial charge in [-0.15, -0.1) is 0 Å². The molecule has 1 heterocycles. The predicted octanol–water partition coefficient (Wildman–Crippen LogP) is 2.19. The number of carbonyl (C=O) groups excluding carboxylic acids is 1. The van der Waals surface area contributed by atoms with Crippen LogP contribution in [-0.2, 0) is 4.79 Å². The number of furan rings is 1. The summed E-state index contributed by atoms with van der Waals surface area (Å²) in [5.74, 6) is 0.996. The zero-order valence-corrected chi connectivity index (χ0v) is 10.9. The summed E-state index contributed by atoms with van der Waals surface area (Å²) in [6.07, 6.45) is 4.25. The highest BCUT2D eigenvalue weighted by Gasteiger charge is 2.17. The topological polar surface area (TPSA) is 45.5 Å². The van der Waals surface area contributed by atoms with E-state index in [0.717, 1.165) is 18.6 Å². The van der Waals surface area contributed by atoms with Crippen molar-refractivity contribution in [2.24, 2.45) is 0 Å². The van der Waals surface area contributed by atoms with Gasteiger partial charge in [0.05, 0.1) is 12.3 Å². The average Bonchev–Trinajstić information content (AvgIpc) is 2.79. The van der Waals surface area contributed by atoms with Crippen molar-refractivity contribution in [3.8, 4) is 0 Å². The Morgan fingerprint density at radius 3 is 2.82 bits per heavy atom. The summed E-state index contributed by atoms with van der Waals surface area (Å²) in [5.41, 5.74) is 0. The highest BCUT2D eigenvalue weighted by molar-refractivity contribution is 5.75. The highest BCUT2D eigenvalue weighted by atomic mass is 16.3. The van der Waals surface area contributed by atoms with Gasteiger partial charge >= 0.3 is 0 Å². The summed E-state index contributed by atoms with van der Waals surface area (Å²) in [5, 5.41) is 2.95. The number of unbranched alkanes of at least 4 members (excludes halogenated alkanes) is 1. The molecule has 0 bridgehead atoms. The molecule has 0 fully saturated rings. The third-order valence-corrected chi connectivity index (χ3v) is 2.74. The van der Waals surface area contributed by atoms with Crippen molar-refractivity contribution in [3.05, 3.63) is 24.2 Å². The molecule has 4 nitrogen and oxygen atoms in total. The van der Waals surface area contributed by atoms with Gasteiger partial charge in [0, 0.05) is 13.0 Å². The molecule has 0 aliphatic heterocycles. The SMILES string of the molecule is CCCCC(=O)NC[C@H](c1ccco1)N(C)C. The number of nitrogens with one attached hydrogen (secondary N) is 1. The maximum absolute atomic E-state index is 11.5. The Hall–Kier alpha value is -1.29. The van der Waals surface area contributed by atoms with Gasteiger partial charge in [-0.05, 0) is 32.6 Å². The third kappa shape index (κ3) is 4.61. The first-order valence-electron chi connectivity index (χ1n) is 6.11. The zero-order chi connectivity index (χ0) is 12.7. The standard InChI is InChI=1S/C13H22N2O2/c1-4-5-8-13(16)14-10-11(15(2)3)12-7-6-9-17-12/h6-7,9,11H,4-5,8,10H2,1-3H3,(H,14,16)/t11-/m1/s1. The summed E-state index contributed by atoms with van der Waals surface area (Å²) in [7, 11) is 3.96. The lowest BCUT2D eigenvalue weighted by molar-refractivity contribution is -0.121. The number of carbonyl (C=O) groups is 1. The van der Waals surface area contributed by atoms with Crippen LogP contribution in [0.4, 0.5) is 0 Å². The molecule has 0 saturated carbocycles. The quantitative estimate of drug-likeness (QED) is 0.792. The number of amides is 1. The lowest BCUT2D eigenvalue weighted by Gasteiger charge is -2.22. The molecule has 96 valence electrons. The molecule has 0 aliphatic carbocycles. The van der Waals surface area contributed by atoms with E-state index in [1.165, 1.54) is 0 Å². The fraction of sp³-hybridized carbons (Fsp3) is 0.615. The van der Waals surface area contributed by atoms with E-state index in [1.807, 2.05) is 31.1 Å². The van der Waals surface area contributed by atoms with E-state index in [-0.39, 0.29) is 11.9 Å². The van der Waals surface area contributed by atoms with Gasteiger partial charge in [-0.1, -0.05) is 13.3 Å². The Kier molecular flexibility index (Phi) is 5.77. The molecule has 0 radical (unpaired) electrons. The molecule has 0 aliphatic rings. The molecular formula is C13H22N2O2. The second-order valence-corrected chi connectivity index (χ2v) is 4.40. The van der Waals surface area contributed by atoms with Gasteiger partial charge in [-0.2, -0.15) is 0 Å². The van der Waals surface area contributed by atoms with Crippen LogP contribution in [0.1, 0.15) is 38.0 Å². The van der Waals surface area contributed by atoms with Gasteiger partial charge in [0.2, 0.25) is 5.91 Å². The Labute approximate surface area is 103 Å². The van der Waals surface area contributed by atoms with Gasteiger partial charge in [0.25, 0.3) is 0 Å². The number of hydrogen-bond donors (Lipinski definition) is 1. The summed E-state index contributed by atoms with van der Waals surface area (Å²) in [4.78, 5) is 13.6. The molecule has 17 heavy (non-hydrogen) atoms. The first-order valence-corrected chi connectivity index (χ1v) is 6.11. The van der Waals surface area contributed by atoms with E-state index in [1.54, 1.807) is 6.26 Å². The van der Waals surface area contributed by atoms with E-state index < -0.39 is 0 Å². The molecule has 1 aromatic rings. The number of likely N-dealkylation sites (N-methyl/N-ethyl adjacent to an activating group) is 1. The van der Waals surface area contributed by atoms with Crippen LogP contribution in [0.2, 0.25) is 0 Å². The Morgan fingerprint density at radius 2 is 2.29 bits per heavy atom. The van der Waals surface area contributed by atoms with Gasteiger partial charge in [-0.3, -0.25) is 9.69 Å². The number of hydrogen-bond acceptors (Lipinski definition) is 3. The van der Waals surface area contributed by atoms with E-state index in [0.29, 0.717) is 13.0 Å². The van der Waals surface area contributed by atoms with Gasteiger partial charge < -0.3 is 9.73 Å². The third-order valence-electron chi connectivity index (χ3n) is 2.74. The number of nitrogens with zero attached hydrogens (tertiary/aromatic N) is 1. The molecular weight excluding hydrogens is 216 g/mol. The normalized spacial score (nSPS) is 12.7. The minimum atomic E-state index is 0.0931. The highest BCUT2D eigenvalue weighted by Crippen LogP contribution is 2.17. The van der Waals surface area contributed by atoms with Gasteiger partial charge in [0.15, 0.2) is 0 Å². The van der Waals surface area contributed by atoms with Crippen LogP contribution >= 0.6 is 0 Å². The van der Waals surface area contributed by atoms with E-state index in [9.17, 15) is 4.79 Å². The summed E-state index contributed by atoms with van der Waals surface area (Å²) < 4.78 is 5.38. The van der Waals surface area contributed by atoms with Gasteiger partial charge in [-0.25, -0.2) is 0 Å². The molecule has 1 N–H and O–H groups in total. The molecule has 1 aromatic heterocycles. The maximum atomic E-state index is 11.5. The van der Waals surface area contributed by atoms with Crippen LogP contribution in [0.25, 0.3) is 0 Å². The van der Waals surface area contributed by atoms with Crippen LogP contribution in [-0.4, -0.2) is 31.4 Å². The van der Waals surface area contributed by atoms with Crippen molar-refractivity contribution in [2.75, 3.05) is 20.6 Å². The zero-order valence-electron chi connectivity index (χ0n) is 10.9. The molecule has 1 atom stereocenters. The van der Waals surface area contributed by atoms with Crippen LogP contribution < -0.4 is 5.32 Å². The minimum Gasteiger partial charge on any atom is -0.468 e. The van der Waals surface area contributed by atoms with Crippen LogP contribution in [0, 0.1) is 0 Å².